The molecule has 1 aromatic heterocycles. The molecule has 138 valence electrons. The predicted octanol–water partition coefficient (Wildman–Crippen LogP) is 2.41. The SMILES string of the molecule is COCCNc1cncc(C(=O)N2CCN(c3cccc(C)c3)CC2)c1. The summed E-state index contributed by atoms with van der Waals surface area (Å²) in [5.41, 5.74) is 3.94. The summed E-state index contributed by atoms with van der Waals surface area (Å²) in [4.78, 5) is 21.2. The minimum Gasteiger partial charge on any atom is -0.383 e. The largest absolute Gasteiger partial charge is 0.383 e. The highest BCUT2D eigenvalue weighted by Gasteiger charge is 2.22. The molecule has 0 unspecified atom stereocenters. The van der Waals surface area contributed by atoms with Crippen LogP contribution in [0.2, 0.25) is 0 Å². The zero-order chi connectivity index (χ0) is 18.4. The third-order valence-electron chi connectivity index (χ3n) is 4.55. The topological polar surface area (TPSA) is 57.7 Å². The number of anilines is 2. The highest BCUT2D eigenvalue weighted by Crippen LogP contribution is 2.19. The van der Waals surface area contributed by atoms with Gasteiger partial charge in [0.2, 0.25) is 0 Å². The Labute approximate surface area is 154 Å². The van der Waals surface area contributed by atoms with Gasteiger partial charge in [0.15, 0.2) is 0 Å². The molecule has 0 radical (unpaired) electrons. The van der Waals surface area contributed by atoms with E-state index < -0.39 is 0 Å². The monoisotopic (exact) mass is 354 g/mol. The fraction of sp³-hybridized carbons (Fsp3) is 0.400. The van der Waals surface area contributed by atoms with Crippen molar-refractivity contribution >= 4 is 17.3 Å². The number of hydrogen-bond donors (Lipinski definition) is 1. The number of hydrogen-bond acceptors (Lipinski definition) is 5. The average molecular weight is 354 g/mol. The summed E-state index contributed by atoms with van der Waals surface area (Å²) in [5, 5.41) is 3.21. The number of ether oxygens (including phenoxy) is 1. The second-order valence-corrected chi connectivity index (χ2v) is 6.50. The molecule has 1 aliphatic rings. The molecule has 1 aromatic carbocycles. The van der Waals surface area contributed by atoms with Crippen LogP contribution >= 0.6 is 0 Å². The van der Waals surface area contributed by atoms with Crippen molar-refractivity contribution in [3.63, 3.8) is 0 Å². The van der Waals surface area contributed by atoms with E-state index in [1.807, 2.05) is 11.0 Å². The molecule has 0 spiro atoms. The fourth-order valence-electron chi connectivity index (χ4n) is 3.13. The van der Waals surface area contributed by atoms with Crippen LogP contribution in [0.15, 0.2) is 42.7 Å². The highest BCUT2D eigenvalue weighted by atomic mass is 16.5. The lowest BCUT2D eigenvalue weighted by Crippen LogP contribution is -2.48. The van der Waals surface area contributed by atoms with Crippen LogP contribution in [-0.4, -0.2) is 62.2 Å². The molecule has 6 nitrogen and oxygen atoms in total. The Balaban J connectivity index is 1.59. The number of pyridine rings is 1. The van der Waals surface area contributed by atoms with Crippen molar-refractivity contribution in [1.29, 1.82) is 0 Å². The van der Waals surface area contributed by atoms with Crippen molar-refractivity contribution in [2.24, 2.45) is 0 Å². The van der Waals surface area contributed by atoms with Gasteiger partial charge in [-0.15, -0.1) is 0 Å². The number of aromatic nitrogens is 1. The van der Waals surface area contributed by atoms with Crippen LogP contribution in [0.3, 0.4) is 0 Å². The Morgan fingerprint density at radius 1 is 1.19 bits per heavy atom. The maximum atomic E-state index is 12.8. The minimum atomic E-state index is 0.0387. The first-order chi connectivity index (χ1) is 12.7. The first kappa shape index (κ1) is 18.2. The Kier molecular flexibility index (Phi) is 6.07. The molecule has 6 heteroatoms. The zero-order valence-corrected chi connectivity index (χ0v) is 15.4. The van der Waals surface area contributed by atoms with Crippen molar-refractivity contribution in [1.82, 2.24) is 9.88 Å². The van der Waals surface area contributed by atoms with Gasteiger partial charge in [-0.05, 0) is 30.7 Å². The standard InChI is InChI=1S/C20H26N4O2/c1-16-4-3-5-19(12-16)23-7-9-24(10-8-23)20(25)17-13-18(15-21-14-17)22-6-11-26-2/h3-5,12-15,22H,6-11H2,1-2H3. The number of methoxy groups -OCH3 is 1. The van der Waals surface area contributed by atoms with E-state index in [0.717, 1.165) is 18.8 Å². The molecule has 0 saturated carbocycles. The van der Waals surface area contributed by atoms with Crippen LogP contribution in [-0.2, 0) is 4.74 Å². The predicted molar refractivity (Wildman–Crippen MR) is 104 cm³/mol. The van der Waals surface area contributed by atoms with Gasteiger partial charge >= 0.3 is 0 Å². The number of piperazine rings is 1. The molecular weight excluding hydrogens is 328 g/mol. The third-order valence-corrected chi connectivity index (χ3v) is 4.55. The van der Waals surface area contributed by atoms with Crippen LogP contribution in [0.25, 0.3) is 0 Å². The van der Waals surface area contributed by atoms with E-state index in [2.05, 4.69) is 46.4 Å². The molecule has 3 rings (SSSR count). The summed E-state index contributed by atoms with van der Waals surface area (Å²) in [7, 11) is 1.66. The van der Waals surface area contributed by atoms with Crippen LogP contribution in [0.4, 0.5) is 11.4 Å². The summed E-state index contributed by atoms with van der Waals surface area (Å²) in [6.07, 6.45) is 3.36. The van der Waals surface area contributed by atoms with E-state index in [1.165, 1.54) is 11.3 Å². The average Bonchev–Trinajstić information content (AvgIpc) is 2.68. The van der Waals surface area contributed by atoms with Gasteiger partial charge in [-0.25, -0.2) is 0 Å². The number of aryl methyl sites for hydroxylation is 1. The van der Waals surface area contributed by atoms with Crippen molar-refractivity contribution in [2.45, 2.75) is 6.92 Å². The molecular formula is C20H26N4O2. The maximum Gasteiger partial charge on any atom is 0.255 e. The summed E-state index contributed by atoms with van der Waals surface area (Å²) in [5.74, 6) is 0.0387. The van der Waals surface area contributed by atoms with Gasteiger partial charge in [0, 0.05) is 57.9 Å². The number of rotatable bonds is 6. The minimum absolute atomic E-state index is 0.0387. The van der Waals surface area contributed by atoms with E-state index in [1.54, 1.807) is 19.5 Å². The third kappa shape index (κ3) is 4.52. The number of benzene rings is 1. The second kappa shape index (κ2) is 8.67. The number of carbonyl (C=O) groups excluding carboxylic acids is 1. The second-order valence-electron chi connectivity index (χ2n) is 6.50. The molecule has 1 amide bonds. The summed E-state index contributed by atoms with van der Waals surface area (Å²) >= 11 is 0. The van der Waals surface area contributed by atoms with E-state index in [9.17, 15) is 4.79 Å². The van der Waals surface area contributed by atoms with Crippen molar-refractivity contribution in [3.05, 3.63) is 53.9 Å². The first-order valence-corrected chi connectivity index (χ1v) is 8.96. The maximum absolute atomic E-state index is 12.8. The van der Waals surface area contributed by atoms with Gasteiger partial charge in [-0.1, -0.05) is 12.1 Å². The smallest absolute Gasteiger partial charge is 0.255 e. The first-order valence-electron chi connectivity index (χ1n) is 8.96. The zero-order valence-electron chi connectivity index (χ0n) is 15.4. The molecule has 0 aliphatic carbocycles. The quantitative estimate of drug-likeness (QED) is 0.808. The molecule has 0 atom stereocenters. The van der Waals surface area contributed by atoms with Gasteiger partial charge in [-0.2, -0.15) is 0 Å². The lowest BCUT2D eigenvalue weighted by atomic mass is 10.1. The molecule has 2 heterocycles. The normalized spacial score (nSPS) is 14.4. The Bertz CT molecular complexity index is 742. The fourth-order valence-corrected chi connectivity index (χ4v) is 3.13. The lowest BCUT2D eigenvalue weighted by molar-refractivity contribution is 0.0746. The number of nitrogens with one attached hydrogen (secondary N) is 1. The van der Waals surface area contributed by atoms with Crippen LogP contribution in [0.1, 0.15) is 15.9 Å². The van der Waals surface area contributed by atoms with Gasteiger partial charge in [0.1, 0.15) is 0 Å². The lowest BCUT2D eigenvalue weighted by Gasteiger charge is -2.36. The van der Waals surface area contributed by atoms with Gasteiger partial charge < -0.3 is 19.9 Å². The van der Waals surface area contributed by atoms with Crippen molar-refractivity contribution in [3.8, 4) is 0 Å². The molecule has 1 N–H and O–H groups in total. The number of nitrogens with zero attached hydrogens (tertiary/aromatic N) is 3. The summed E-state index contributed by atoms with van der Waals surface area (Å²) < 4.78 is 5.03. The Morgan fingerprint density at radius 2 is 2.00 bits per heavy atom. The summed E-state index contributed by atoms with van der Waals surface area (Å²) in [6.45, 7) is 6.51. The molecule has 1 saturated heterocycles. The van der Waals surface area contributed by atoms with Gasteiger partial charge in [-0.3, -0.25) is 9.78 Å². The van der Waals surface area contributed by atoms with E-state index in [0.29, 0.717) is 31.8 Å². The molecule has 2 aromatic rings. The molecule has 0 bridgehead atoms. The van der Waals surface area contributed by atoms with Crippen LogP contribution in [0.5, 0.6) is 0 Å². The molecule has 1 fully saturated rings. The van der Waals surface area contributed by atoms with Gasteiger partial charge in [0.25, 0.3) is 5.91 Å². The Morgan fingerprint density at radius 3 is 2.73 bits per heavy atom. The van der Waals surface area contributed by atoms with Crippen LogP contribution in [0, 0.1) is 6.92 Å². The van der Waals surface area contributed by atoms with E-state index in [-0.39, 0.29) is 5.91 Å². The number of amides is 1. The van der Waals surface area contributed by atoms with Crippen LogP contribution < -0.4 is 10.2 Å². The van der Waals surface area contributed by atoms with Crippen molar-refractivity contribution < 1.29 is 9.53 Å². The van der Waals surface area contributed by atoms with Crippen molar-refractivity contribution in [2.75, 3.05) is 56.7 Å². The van der Waals surface area contributed by atoms with E-state index >= 15 is 0 Å². The van der Waals surface area contributed by atoms with E-state index in [4.69, 9.17) is 4.74 Å². The Hall–Kier alpha value is -2.60. The number of carbonyl (C=O) groups is 1. The summed E-state index contributed by atoms with van der Waals surface area (Å²) in [6, 6.07) is 10.4. The highest BCUT2D eigenvalue weighted by molar-refractivity contribution is 5.95. The molecule has 26 heavy (non-hydrogen) atoms. The molecule has 1 aliphatic heterocycles. The van der Waals surface area contributed by atoms with Gasteiger partial charge in [0.05, 0.1) is 17.9 Å².